The van der Waals surface area contributed by atoms with E-state index in [4.69, 9.17) is 37.6 Å². The third-order valence-electron chi connectivity index (χ3n) is 19.4. The molecule has 0 bridgehead atoms. The van der Waals surface area contributed by atoms with Crippen molar-refractivity contribution in [2.75, 3.05) is 0 Å². The van der Waals surface area contributed by atoms with Gasteiger partial charge in [0.15, 0.2) is 11.6 Å². The van der Waals surface area contributed by atoms with Crippen LogP contribution in [0.5, 0.6) is 0 Å². The summed E-state index contributed by atoms with van der Waals surface area (Å²) in [6.07, 6.45) is 0. The number of fused-ring (bicyclic) bond motifs is 12. The Hall–Kier alpha value is -14.6. The molecule has 6 aromatic heterocycles. The third kappa shape index (κ3) is 11.1. The fourth-order valence-electron chi connectivity index (χ4n) is 14.3. The lowest BCUT2D eigenvalue weighted by atomic mass is 9.94. The molecule has 0 aliphatic heterocycles. The number of hydrogen-bond acceptors (Lipinski definition) is 10. The SMILES string of the molecule is N#Cc1cccc(-c2cc(-c3ccccc3)nc(-c3cc(-c4ccc5oc6ccccc6c5c4)cc(-c4ccc5oc6ccccc6c5c4)c3)n2)c1.N#Cc1ccccc1-c1cc(-c2ccccc2)nc(-c2cc(-c3ccc4oc5ccccc5c4c3)cc(-c3ccc4oc5ccccc5c4c3)c2)n1. The summed E-state index contributed by atoms with van der Waals surface area (Å²) in [7, 11) is 0. The highest BCUT2D eigenvalue weighted by molar-refractivity contribution is 6.10. The molecule has 0 aliphatic rings. The molecule has 104 heavy (non-hydrogen) atoms. The zero-order chi connectivity index (χ0) is 69.2. The Bertz CT molecular complexity index is 6650. The molecule has 0 spiro atoms. The topological polar surface area (TPSA) is 152 Å². The molecule has 0 amide bonds. The van der Waals surface area contributed by atoms with Crippen LogP contribution in [0, 0.1) is 22.7 Å². The zero-order valence-corrected chi connectivity index (χ0v) is 55.5. The fourth-order valence-corrected chi connectivity index (χ4v) is 14.3. The van der Waals surface area contributed by atoms with Crippen LogP contribution in [0.2, 0.25) is 0 Å². The fraction of sp³-hybridized carbons (Fsp3) is 0. The summed E-state index contributed by atoms with van der Waals surface area (Å²) in [5, 5.41) is 28.3. The summed E-state index contributed by atoms with van der Waals surface area (Å²) in [6, 6.07) is 115. The number of hydrogen-bond donors (Lipinski definition) is 0. The van der Waals surface area contributed by atoms with Gasteiger partial charge in [-0.25, -0.2) is 19.9 Å². The van der Waals surface area contributed by atoms with Gasteiger partial charge >= 0.3 is 0 Å². The van der Waals surface area contributed by atoms with Crippen molar-refractivity contribution in [1.29, 1.82) is 10.5 Å². The molecular formula is C94H54N6O4. The minimum absolute atomic E-state index is 0.557. The number of furan rings is 4. The van der Waals surface area contributed by atoms with Crippen molar-refractivity contribution >= 4 is 87.8 Å². The molecule has 0 N–H and O–H groups in total. The molecule has 20 rings (SSSR count). The van der Waals surface area contributed by atoms with Crippen LogP contribution in [0.3, 0.4) is 0 Å². The lowest BCUT2D eigenvalue weighted by Crippen LogP contribution is -1.98. The number of benzene rings is 14. The maximum absolute atomic E-state index is 10.0. The first-order valence-corrected chi connectivity index (χ1v) is 34.2. The van der Waals surface area contributed by atoms with E-state index in [1.54, 1.807) is 6.07 Å². The van der Waals surface area contributed by atoms with Gasteiger partial charge in [-0.1, -0.05) is 188 Å². The Kier molecular flexibility index (Phi) is 14.7. The molecule has 0 aliphatic carbocycles. The lowest BCUT2D eigenvalue weighted by molar-refractivity contribution is 0.668. The van der Waals surface area contributed by atoms with Gasteiger partial charge in [-0.3, -0.25) is 0 Å². The van der Waals surface area contributed by atoms with Crippen LogP contribution in [-0.4, -0.2) is 19.9 Å². The minimum atomic E-state index is 0.557. The largest absolute Gasteiger partial charge is 0.456 e. The maximum atomic E-state index is 10.0. The zero-order valence-electron chi connectivity index (χ0n) is 55.5. The second-order valence-corrected chi connectivity index (χ2v) is 25.8. The molecule has 484 valence electrons. The van der Waals surface area contributed by atoms with Gasteiger partial charge in [-0.05, 0) is 184 Å². The first-order valence-electron chi connectivity index (χ1n) is 34.2. The predicted molar refractivity (Wildman–Crippen MR) is 417 cm³/mol. The van der Waals surface area contributed by atoms with Crippen LogP contribution in [0.1, 0.15) is 11.1 Å². The number of rotatable bonds is 10. The molecule has 10 nitrogen and oxygen atoms in total. The second-order valence-electron chi connectivity index (χ2n) is 25.8. The maximum Gasteiger partial charge on any atom is 0.160 e. The Morgan fingerprint density at radius 3 is 0.913 bits per heavy atom. The molecule has 6 heterocycles. The van der Waals surface area contributed by atoms with E-state index in [9.17, 15) is 10.5 Å². The molecule has 14 aromatic carbocycles. The van der Waals surface area contributed by atoms with Crippen LogP contribution in [0.4, 0.5) is 0 Å². The van der Waals surface area contributed by atoms with Gasteiger partial charge in [0.1, 0.15) is 44.7 Å². The van der Waals surface area contributed by atoms with E-state index in [0.29, 0.717) is 28.5 Å². The smallest absolute Gasteiger partial charge is 0.160 e. The van der Waals surface area contributed by atoms with E-state index in [1.807, 2.05) is 200 Å². The van der Waals surface area contributed by atoms with Gasteiger partial charge in [-0.2, -0.15) is 10.5 Å². The van der Waals surface area contributed by atoms with Gasteiger partial charge in [0, 0.05) is 76.5 Å². The van der Waals surface area contributed by atoms with Crippen molar-refractivity contribution in [1.82, 2.24) is 19.9 Å². The standard InChI is InChI=1S/2C47H27N3O2/c48-28-29-9-8-12-33(21-29)42-27-41(30-10-2-1-3-11-30)49-47(50-42)36-23-34(31-17-19-45-39(25-31)37-13-4-6-15-43(37)51-45)22-35(24-36)32-18-20-46-40(26-32)38-14-5-7-16-44(38)52-46;48-28-32-12-4-5-13-36(32)42-27-41(29-10-2-1-3-11-29)49-47(50-42)35-23-33(30-18-20-45-39(25-30)37-14-6-8-16-43(37)51-45)22-34(24-35)31-19-21-46-40(26-31)38-15-7-9-17-44(38)52-46/h2*1-27H. The second kappa shape index (κ2) is 25.3. The predicted octanol–water partition coefficient (Wildman–Crippen LogP) is 25.0. The van der Waals surface area contributed by atoms with Crippen molar-refractivity contribution in [3.63, 3.8) is 0 Å². The molecule has 20 aromatic rings. The molecular weight excluding hydrogens is 1280 g/mol. The summed E-state index contributed by atoms with van der Waals surface area (Å²) in [5.41, 5.74) is 24.6. The summed E-state index contributed by atoms with van der Waals surface area (Å²) in [5.74, 6) is 1.16. The number of nitriles is 2. The van der Waals surface area contributed by atoms with Gasteiger partial charge in [0.25, 0.3) is 0 Å². The van der Waals surface area contributed by atoms with Crippen LogP contribution in [0.25, 0.3) is 200 Å². The van der Waals surface area contributed by atoms with Gasteiger partial charge in [0.2, 0.25) is 0 Å². The Labute approximate surface area is 595 Å². The van der Waals surface area contributed by atoms with Gasteiger partial charge < -0.3 is 17.7 Å². The van der Waals surface area contributed by atoms with E-state index in [0.717, 1.165) is 183 Å². The quantitative estimate of drug-likeness (QED) is 0.129. The molecule has 0 saturated heterocycles. The molecule has 10 heteroatoms. The highest BCUT2D eigenvalue weighted by atomic mass is 16.3. The Morgan fingerprint density at radius 1 is 0.202 bits per heavy atom. The van der Waals surface area contributed by atoms with Crippen LogP contribution in [-0.2, 0) is 0 Å². The Morgan fingerprint density at radius 2 is 0.519 bits per heavy atom. The van der Waals surface area contributed by atoms with Crippen molar-refractivity contribution < 1.29 is 17.7 Å². The normalized spacial score (nSPS) is 11.4. The molecule has 0 saturated carbocycles. The van der Waals surface area contributed by atoms with Gasteiger partial charge in [-0.15, -0.1) is 0 Å². The van der Waals surface area contributed by atoms with E-state index in [-0.39, 0.29) is 0 Å². The molecule has 0 unspecified atom stereocenters. The van der Waals surface area contributed by atoms with Crippen LogP contribution < -0.4 is 0 Å². The Balaban J connectivity index is 0.000000143. The molecule has 0 radical (unpaired) electrons. The summed E-state index contributed by atoms with van der Waals surface area (Å²) in [4.78, 5) is 20.6. The summed E-state index contributed by atoms with van der Waals surface area (Å²) in [6.45, 7) is 0. The van der Waals surface area contributed by atoms with E-state index in [1.165, 1.54) is 0 Å². The van der Waals surface area contributed by atoms with Crippen LogP contribution in [0.15, 0.2) is 345 Å². The summed E-state index contributed by atoms with van der Waals surface area (Å²) < 4.78 is 24.7. The first-order chi connectivity index (χ1) is 51.3. The van der Waals surface area contributed by atoms with Crippen molar-refractivity contribution in [3.05, 3.63) is 339 Å². The highest BCUT2D eigenvalue weighted by Gasteiger charge is 2.21. The molecule has 0 fully saturated rings. The number of aromatic nitrogens is 4. The third-order valence-corrected chi connectivity index (χ3v) is 19.4. The monoisotopic (exact) mass is 1330 g/mol. The average molecular weight is 1330 g/mol. The number of para-hydroxylation sites is 4. The van der Waals surface area contributed by atoms with Crippen molar-refractivity contribution in [2.45, 2.75) is 0 Å². The van der Waals surface area contributed by atoms with Crippen LogP contribution >= 0.6 is 0 Å². The van der Waals surface area contributed by atoms with Crippen molar-refractivity contribution in [3.8, 4) is 124 Å². The lowest BCUT2D eigenvalue weighted by Gasteiger charge is -2.13. The van der Waals surface area contributed by atoms with Gasteiger partial charge in [0.05, 0.1) is 46.0 Å². The number of nitrogens with zero attached hydrogens (tertiary/aromatic N) is 6. The molecule has 0 atom stereocenters. The highest BCUT2D eigenvalue weighted by Crippen LogP contribution is 2.43. The van der Waals surface area contributed by atoms with Crippen molar-refractivity contribution in [2.24, 2.45) is 0 Å². The first kappa shape index (κ1) is 60.6. The summed E-state index contributed by atoms with van der Waals surface area (Å²) >= 11 is 0. The average Bonchev–Trinajstić information content (AvgIpc) is 1.74. The van der Waals surface area contributed by atoms with E-state index < -0.39 is 0 Å². The van der Waals surface area contributed by atoms with E-state index in [2.05, 4.69) is 133 Å². The minimum Gasteiger partial charge on any atom is -0.456 e. The van der Waals surface area contributed by atoms with E-state index >= 15 is 0 Å².